The number of nitrogens with one attached hydrogen (secondary N) is 1. The van der Waals surface area contributed by atoms with Gasteiger partial charge in [0, 0.05) is 96.2 Å². The summed E-state index contributed by atoms with van der Waals surface area (Å²) in [5.41, 5.74) is 4.72. The maximum absolute atomic E-state index is 15.2. The molecule has 5 aliphatic heterocycles. The van der Waals surface area contributed by atoms with Crippen molar-refractivity contribution in [1.82, 2.24) is 14.8 Å². The molecule has 2 saturated heterocycles. The van der Waals surface area contributed by atoms with Crippen molar-refractivity contribution >= 4 is 40.4 Å². The number of carbonyl (C=O) groups excluding carboxylic acids is 2. The number of nitrogens with two attached hydrogens (primary N) is 1. The number of hydrogen-bond donors (Lipinski definition) is 7. The van der Waals surface area contributed by atoms with Gasteiger partial charge in [-0.15, -0.1) is 0 Å². The van der Waals surface area contributed by atoms with Crippen molar-refractivity contribution in [2.24, 2.45) is 17.1 Å². The Morgan fingerprint density at radius 3 is 2.32 bits per heavy atom. The second kappa shape index (κ2) is 15.8. The minimum atomic E-state index is -2.30. The number of likely N-dealkylation sites (N-methyl/N-ethyl adjacent to an activating group) is 1. The molecule has 0 radical (unpaired) electrons. The van der Waals surface area contributed by atoms with Crippen LogP contribution in [0.15, 0.2) is 60.7 Å². The van der Waals surface area contributed by atoms with Gasteiger partial charge >= 0.3 is 17.9 Å². The summed E-state index contributed by atoms with van der Waals surface area (Å²) in [5.74, 6) is -3.52. The summed E-state index contributed by atoms with van der Waals surface area (Å²) in [4.78, 5) is 58.4. The first kappa shape index (κ1) is 44.4. The normalized spacial score (nSPS) is 35.2. The summed E-state index contributed by atoms with van der Waals surface area (Å²) in [7, 11) is 4.89. The van der Waals surface area contributed by atoms with Crippen molar-refractivity contribution in [3.63, 3.8) is 0 Å². The third-order valence-corrected chi connectivity index (χ3v) is 15.6. The summed E-state index contributed by atoms with van der Waals surface area (Å²) in [6.45, 7) is 7.39. The average Bonchev–Trinajstić information content (AvgIpc) is 3.93. The lowest BCUT2D eigenvalue weighted by Crippen LogP contribution is -2.81. The van der Waals surface area contributed by atoms with E-state index in [1.807, 2.05) is 62.2 Å². The number of carboxylic acid groups (broad SMARTS) is 2. The zero-order chi connectivity index (χ0) is 45.4. The molecular weight excluding hydrogens is 811 g/mol. The summed E-state index contributed by atoms with van der Waals surface area (Å²) < 4.78 is 12.2. The molecule has 10 atom stereocenters. The van der Waals surface area contributed by atoms with Gasteiger partial charge in [0.25, 0.3) is 5.91 Å². The number of rotatable bonds is 8. The molecule has 8 N–H and O–H groups in total. The van der Waals surface area contributed by atoms with E-state index in [1.165, 1.54) is 7.11 Å². The number of esters is 1. The highest BCUT2D eigenvalue weighted by molar-refractivity contribution is 5.95. The van der Waals surface area contributed by atoms with E-state index in [0.717, 1.165) is 46.5 Å². The molecule has 1 unspecified atom stereocenters. The quantitative estimate of drug-likeness (QED) is 0.0979. The number of aliphatic hydroxyl groups is 3. The number of methoxy groups -OCH3 is 2. The monoisotopic (exact) mass is 869 g/mol. The molecule has 6 heterocycles. The topological polar surface area (TPSA) is 239 Å². The number of benzene rings is 2. The van der Waals surface area contributed by atoms with Gasteiger partial charge in [0.15, 0.2) is 5.60 Å². The molecule has 1 aliphatic carbocycles. The van der Waals surface area contributed by atoms with Crippen LogP contribution in [0, 0.1) is 11.3 Å². The molecule has 2 bridgehead atoms. The number of aromatic nitrogens is 1. The van der Waals surface area contributed by atoms with Crippen LogP contribution in [0.4, 0.5) is 5.69 Å². The summed E-state index contributed by atoms with van der Waals surface area (Å²) >= 11 is 0. The SMILES string of the molecule is CC[C@]1(O)C[C@H]2CN(CCc3c([nH]c4ccccc34)[C@@](C(=O)OC)(c3cc4c(cc3OC)N(C)[C@H]3[C@@](O)(C(N)=O)[C@H](O)[C@]5(CC)C=CCN6CC[C@]43[C@@H]65)C2)C1.O=C(O)/C=C\C(=O)O. The Kier molecular flexibility index (Phi) is 11.1. The lowest BCUT2D eigenvalue weighted by Gasteiger charge is -2.63. The van der Waals surface area contributed by atoms with E-state index in [1.54, 1.807) is 7.11 Å². The number of fused-ring (bicyclic) bond motifs is 6. The number of amides is 1. The molecule has 338 valence electrons. The molecule has 6 aliphatic rings. The van der Waals surface area contributed by atoms with Crippen LogP contribution in [0.3, 0.4) is 0 Å². The number of aliphatic hydroxyl groups excluding tert-OH is 1. The second-order valence-electron chi connectivity index (χ2n) is 18.5. The van der Waals surface area contributed by atoms with Crippen LogP contribution in [0.1, 0.15) is 68.3 Å². The van der Waals surface area contributed by atoms with Crippen LogP contribution in [0.5, 0.6) is 5.75 Å². The molecular formula is C47H59N5O11. The van der Waals surface area contributed by atoms with Crippen LogP contribution < -0.4 is 15.4 Å². The van der Waals surface area contributed by atoms with Crippen LogP contribution in [-0.2, 0) is 41.2 Å². The lowest BCUT2D eigenvalue weighted by molar-refractivity contribution is -0.201. The predicted molar refractivity (Wildman–Crippen MR) is 232 cm³/mol. The predicted octanol–water partition coefficient (Wildman–Crippen LogP) is 2.44. The zero-order valence-corrected chi connectivity index (χ0v) is 36.5. The van der Waals surface area contributed by atoms with E-state index in [0.29, 0.717) is 81.6 Å². The van der Waals surface area contributed by atoms with Crippen molar-refractivity contribution in [3.8, 4) is 5.75 Å². The van der Waals surface area contributed by atoms with Crippen molar-refractivity contribution in [3.05, 3.63) is 83.1 Å². The summed E-state index contributed by atoms with van der Waals surface area (Å²) in [6.07, 6.45) is 6.89. The minimum absolute atomic E-state index is 0.0790. The van der Waals surface area contributed by atoms with Crippen LogP contribution >= 0.6 is 0 Å². The molecule has 2 aromatic carbocycles. The molecule has 63 heavy (non-hydrogen) atoms. The Hall–Kier alpha value is -5.26. The van der Waals surface area contributed by atoms with Gasteiger partial charge < -0.3 is 50.6 Å². The third kappa shape index (κ3) is 6.34. The van der Waals surface area contributed by atoms with Crippen molar-refractivity contribution in [1.29, 1.82) is 0 Å². The number of piperidine rings is 1. The van der Waals surface area contributed by atoms with E-state index in [2.05, 4.69) is 26.9 Å². The van der Waals surface area contributed by atoms with Gasteiger partial charge in [0.2, 0.25) is 0 Å². The Balaban J connectivity index is 0.000000622. The number of carboxylic acids is 2. The highest BCUT2D eigenvalue weighted by atomic mass is 16.5. The van der Waals surface area contributed by atoms with E-state index >= 15 is 4.79 Å². The Morgan fingerprint density at radius 1 is 0.968 bits per heavy atom. The Bertz CT molecular complexity index is 2400. The maximum atomic E-state index is 15.2. The number of carbonyl (C=O) groups is 4. The van der Waals surface area contributed by atoms with E-state index < -0.39 is 63.4 Å². The molecule has 1 spiro atoms. The summed E-state index contributed by atoms with van der Waals surface area (Å²) in [6, 6.07) is 11.0. The number of primary amides is 1. The molecule has 3 fully saturated rings. The van der Waals surface area contributed by atoms with Gasteiger partial charge in [0.05, 0.1) is 25.9 Å². The van der Waals surface area contributed by atoms with Crippen LogP contribution in [0.2, 0.25) is 0 Å². The highest BCUT2D eigenvalue weighted by Gasteiger charge is 2.78. The first-order chi connectivity index (χ1) is 29.9. The number of nitrogens with zero attached hydrogens (tertiary/aromatic N) is 3. The highest BCUT2D eigenvalue weighted by Crippen LogP contribution is 2.67. The van der Waals surface area contributed by atoms with Crippen LogP contribution in [-0.4, -0.2) is 148 Å². The van der Waals surface area contributed by atoms with E-state index in [-0.39, 0.29) is 12.0 Å². The number of H-pyrrole nitrogens is 1. The Morgan fingerprint density at radius 2 is 1.68 bits per heavy atom. The van der Waals surface area contributed by atoms with E-state index in [9.17, 15) is 29.7 Å². The van der Waals surface area contributed by atoms with Crippen molar-refractivity contribution < 1.29 is 54.2 Å². The van der Waals surface area contributed by atoms with Crippen LogP contribution in [0.25, 0.3) is 10.9 Å². The standard InChI is InChI=1S/C43H55N5O7.C4H4O4/c1-6-39(52)21-25-22-42(38(51)55-5,33-27(13-17-47(23-25)24-39)26-11-8-9-12-30(26)45-33)29-19-28-31(20-32(29)54-4)46(3)35-41(28)15-18-48-16-10-14-40(7-2,34(41)48)36(49)43(35,53)37(44)50;5-3(6)1-2-4(7)8/h8-12,14,19-20,25,34-36,45,49,52-53H,6-7,13,15-18,21-24H2,1-5H3,(H2,44,50);1-2H,(H,5,6)(H,7,8)/b;2-1-/t25-,34+,35-,36-,39+,40-,41-,42+,43+;/m1./s1. The van der Waals surface area contributed by atoms with Gasteiger partial charge in [-0.05, 0) is 74.2 Å². The average molecular weight is 870 g/mol. The van der Waals surface area contributed by atoms with Gasteiger partial charge in [-0.1, -0.05) is 44.2 Å². The number of aliphatic carboxylic acids is 2. The zero-order valence-electron chi connectivity index (χ0n) is 36.5. The molecule has 1 amide bonds. The molecule has 1 saturated carbocycles. The smallest absolute Gasteiger partial charge is 0.328 e. The number of hydrogen-bond acceptors (Lipinski definition) is 12. The largest absolute Gasteiger partial charge is 0.496 e. The minimum Gasteiger partial charge on any atom is -0.496 e. The fourth-order valence-corrected chi connectivity index (χ4v) is 13.2. The fraction of sp³-hybridized carbons (Fsp3) is 0.532. The molecule has 9 rings (SSSR count). The molecule has 3 aromatic rings. The Labute approximate surface area is 365 Å². The number of anilines is 1. The van der Waals surface area contributed by atoms with Gasteiger partial charge in [0.1, 0.15) is 17.3 Å². The number of aromatic amines is 1. The van der Waals surface area contributed by atoms with E-state index in [4.69, 9.17) is 25.4 Å². The maximum Gasteiger partial charge on any atom is 0.328 e. The van der Waals surface area contributed by atoms with Crippen molar-refractivity contribution in [2.75, 3.05) is 58.9 Å². The number of para-hydroxylation sites is 1. The lowest BCUT2D eigenvalue weighted by atomic mass is 9.47. The molecule has 1 aromatic heterocycles. The first-order valence-corrected chi connectivity index (χ1v) is 21.8. The van der Waals surface area contributed by atoms with Crippen molar-refractivity contribution in [2.45, 2.75) is 92.6 Å². The first-order valence-electron chi connectivity index (χ1n) is 21.8. The van der Waals surface area contributed by atoms with Gasteiger partial charge in [-0.25, -0.2) is 9.59 Å². The fourth-order valence-electron chi connectivity index (χ4n) is 13.2. The van der Waals surface area contributed by atoms with Gasteiger partial charge in [-0.3, -0.25) is 19.4 Å². The molecule has 16 heteroatoms. The van der Waals surface area contributed by atoms with Gasteiger partial charge in [-0.2, -0.15) is 0 Å². The third-order valence-electron chi connectivity index (χ3n) is 15.6. The summed E-state index contributed by atoms with van der Waals surface area (Å²) in [5, 5.41) is 53.6. The second-order valence-corrected chi connectivity index (χ2v) is 18.5. The molecule has 16 nitrogen and oxygen atoms in total. The number of ether oxygens (including phenoxy) is 2.